The molecule has 0 fully saturated rings. The number of amidine groups is 1. The van der Waals surface area contributed by atoms with E-state index in [0.29, 0.717) is 0 Å². The largest absolute Gasteiger partial charge is 0.384 e. The number of aromatic nitrogens is 3. The first-order valence-corrected chi connectivity index (χ1v) is 6.47. The fourth-order valence-corrected chi connectivity index (χ4v) is 2.77. The zero-order valence-electron chi connectivity index (χ0n) is 9.92. The topological polar surface area (TPSA) is 91.4 Å². The van der Waals surface area contributed by atoms with Crippen molar-refractivity contribution >= 4 is 28.4 Å². The Morgan fingerprint density at radius 1 is 1.16 bits per heavy atom. The van der Waals surface area contributed by atoms with E-state index in [0.717, 1.165) is 26.4 Å². The lowest BCUT2D eigenvalue weighted by molar-refractivity contribution is 0.974. The second-order valence-electron chi connectivity index (χ2n) is 3.96. The van der Waals surface area contributed by atoms with E-state index in [1.807, 2.05) is 36.4 Å². The minimum Gasteiger partial charge on any atom is -0.384 e. The van der Waals surface area contributed by atoms with Gasteiger partial charge in [0.2, 0.25) is 0 Å². The van der Waals surface area contributed by atoms with Crippen molar-refractivity contribution in [1.29, 1.82) is 5.41 Å². The standard InChI is InChI=1S/C13H11N5S/c14-12(15)10-5-6-11(19-13-16-7-17-18-13)9-4-2-1-3-8(9)10/h1-7H,(H3,14,15)(H,16,17,18). The molecule has 19 heavy (non-hydrogen) atoms. The molecule has 0 unspecified atom stereocenters. The van der Waals surface area contributed by atoms with E-state index in [2.05, 4.69) is 15.2 Å². The lowest BCUT2D eigenvalue weighted by Crippen LogP contribution is -2.11. The minimum atomic E-state index is 0.0763. The van der Waals surface area contributed by atoms with Crippen molar-refractivity contribution in [3.8, 4) is 0 Å². The summed E-state index contributed by atoms with van der Waals surface area (Å²) in [6.45, 7) is 0. The molecule has 0 bridgehead atoms. The van der Waals surface area contributed by atoms with Crippen LogP contribution in [0.1, 0.15) is 5.56 Å². The molecule has 1 aromatic heterocycles. The number of nitrogens with zero attached hydrogens (tertiary/aromatic N) is 2. The van der Waals surface area contributed by atoms with Gasteiger partial charge < -0.3 is 5.73 Å². The Kier molecular flexibility index (Phi) is 2.92. The molecule has 6 heteroatoms. The van der Waals surface area contributed by atoms with Gasteiger partial charge in [-0.1, -0.05) is 24.3 Å². The molecule has 3 rings (SSSR count). The maximum Gasteiger partial charge on any atom is 0.188 e. The monoisotopic (exact) mass is 269 g/mol. The fraction of sp³-hybridized carbons (Fsp3) is 0. The maximum atomic E-state index is 7.63. The number of fused-ring (bicyclic) bond motifs is 1. The van der Waals surface area contributed by atoms with Crippen molar-refractivity contribution in [3.63, 3.8) is 0 Å². The molecular weight excluding hydrogens is 258 g/mol. The Hall–Kier alpha value is -2.34. The molecule has 2 aromatic carbocycles. The molecular formula is C13H11N5S. The maximum absolute atomic E-state index is 7.63. The Morgan fingerprint density at radius 2 is 1.95 bits per heavy atom. The number of benzene rings is 2. The van der Waals surface area contributed by atoms with Crippen LogP contribution < -0.4 is 5.73 Å². The second kappa shape index (κ2) is 4.74. The van der Waals surface area contributed by atoms with Crippen LogP contribution in [0.5, 0.6) is 0 Å². The molecule has 94 valence electrons. The van der Waals surface area contributed by atoms with E-state index in [1.165, 1.54) is 18.1 Å². The van der Waals surface area contributed by atoms with Gasteiger partial charge in [0.15, 0.2) is 5.16 Å². The highest BCUT2D eigenvalue weighted by Crippen LogP contribution is 2.32. The summed E-state index contributed by atoms with van der Waals surface area (Å²) in [7, 11) is 0. The van der Waals surface area contributed by atoms with Crippen molar-refractivity contribution < 1.29 is 0 Å². The van der Waals surface area contributed by atoms with Crippen LogP contribution in [0.15, 0.2) is 52.8 Å². The van der Waals surface area contributed by atoms with E-state index in [4.69, 9.17) is 11.1 Å². The molecule has 0 saturated heterocycles. The number of rotatable bonds is 3. The molecule has 0 aliphatic carbocycles. The minimum absolute atomic E-state index is 0.0763. The van der Waals surface area contributed by atoms with Gasteiger partial charge in [-0.05, 0) is 34.7 Å². The van der Waals surface area contributed by atoms with Crippen LogP contribution in [0.2, 0.25) is 0 Å². The third-order valence-electron chi connectivity index (χ3n) is 2.77. The molecule has 3 aromatic rings. The lowest BCUT2D eigenvalue weighted by atomic mass is 10.0. The van der Waals surface area contributed by atoms with E-state index in [-0.39, 0.29) is 5.84 Å². The van der Waals surface area contributed by atoms with Gasteiger partial charge in [0.25, 0.3) is 0 Å². The average molecular weight is 269 g/mol. The zero-order chi connectivity index (χ0) is 13.2. The zero-order valence-corrected chi connectivity index (χ0v) is 10.7. The molecule has 1 heterocycles. The van der Waals surface area contributed by atoms with Crippen LogP contribution in [0.4, 0.5) is 0 Å². The van der Waals surface area contributed by atoms with Crippen molar-refractivity contribution in [3.05, 3.63) is 48.3 Å². The second-order valence-corrected chi connectivity index (χ2v) is 4.99. The number of nitrogens with two attached hydrogens (primary N) is 1. The molecule has 0 saturated carbocycles. The van der Waals surface area contributed by atoms with Gasteiger partial charge in [-0.15, -0.1) is 0 Å². The van der Waals surface area contributed by atoms with Gasteiger partial charge in [0.05, 0.1) is 0 Å². The third-order valence-corrected chi connectivity index (χ3v) is 3.74. The number of H-pyrrole nitrogens is 1. The van der Waals surface area contributed by atoms with Gasteiger partial charge in [0.1, 0.15) is 12.2 Å². The van der Waals surface area contributed by atoms with Crippen LogP contribution in [-0.4, -0.2) is 21.0 Å². The van der Waals surface area contributed by atoms with E-state index in [1.54, 1.807) is 0 Å². The summed E-state index contributed by atoms with van der Waals surface area (Å²) < 4.78 is 0. The van der Waals surface area contributed by atoms with Crippen LogP contribution in [0, 0.1) is 5.41 Å². The van der Waals surface area contributed by atoms with E-state index >= 15 is 0 Å². The van der Waals surface area contributed by atoms with E-state index < -0.39 is 0 Å². The van der Waals surface area contributed by atoms with E-state index in [9.17, 15) is 0 Å². The molecule has 0 aliphatic heterocycles. The van der Waals surface area contributed by atoms with Crippen LogP contribution in [0.25, 0.3) is 10.8 Å². The molecule has 5 nitrogen and oxygen atoms in total. The fourth-order valence-electron chi connectivity index (χ4n) is 1.94. The highest BCUT2D eigenvalue weighted by atomic mass is 32.2. The normalized spacial score (nSPS) is 10.7. The van der Waals surface area contributed by atoms with Crippen molar-refractivity contribution in [2.75, 3.05) is 0 Å². The highest BCUT2D eigenvalue weighted by molar-refractivity contribution is 7.99. The SMILES string of the molecule is N=C(N)c1ccc(Sc2ncn[nH]2)c2ccccc12. The van der Waals surface area contributed by atoms with Crippen molar-refractivity contribution in [2.45, 2.75) is 10.1 Å². The van der Waals surface area contributed by atoms with Crippen molar-refractivity contribution in [1.82, 2.24) is 15.2 Å². The Morgan fingerprint density at radius 3 is 2.63 bits per heavy atom. The summed E-state index contributed by atoms with van der Waals surface area (Å²) in [5, 5.41) is 17.0. The van der Waals surface area contributed by atoms with Crippen LogP contribution >= 0.6 is 11.8 Å². The smallest absolute Gasteiger partial charge is 0.188 e. The summed E-state index contributed by atoms with van der Waals surface area (Å²) in [6, 6.07) is 11.7. The number of nitrogen functional groups attached to an aromatic ring is 1. The van der Waals surface area contributed by atoms with Gasteiger partial charge in [-0.2, -0.15) is 5.10 Å². The molecule has 0 radical (unpaired) electrons. The number of hydrogen-bond acceptors (Lipinski definition) is 4. The molecule has 0 atom stereocenters. The molecule has 0 aliphatic rings. The predicted octanol–water partition coefficient (Wildman–Crippen LogP) is 2.39. The van der Waals surface area contributed by atoms with Gasteiger partial charge in [-0.3, -0.25) is 10.5 Å². The average Bonchev–Trinajstić information content (AvgIpc) is 2.91. The summed E-state index contributed by atoms with van der Waals surface area (Å²) in [4.78, 5) is 5.16. The van der Waals surface area contributed by atoms with Gasteiger partial charge in [-0.25, -0.2) is 4.98 Å². The summed E-state index contributed by atoms with van der Waals surface area (Å²) in [5.74, 6) is 0.0763. The quantitative estimate of drug-likeness (QED) is 0.503. The lowest BCUT2D eigenvalue weighted by Gasteiger charge is -2.08. The summed E-state index contributed by atoms with van der Waals surface area (Å²) in [6.07, 6.45) is 1.48. The molecule has 0 spiro atoms. The van der Waals surface area contributed by atoms with Crippen LogP contribution in [0.3, 0.4) is 0 Å². The predicted molar refractivity (Wildman–Crippen MR) is 75.5 cm³/mol. The Labute approximate surface area is 113 Å². The number of hydrogen-bond donors (Lipinski definition) is 3. The number of nitrogens with one attached hydrogen (secondary N) is 2. The first kappa shape index (κ1) is 11.7. The summed E-state index contributed by atoms with van der Waals surface area (Å²) >= 11 is 1.50. The molecule has 4 N–H and O–H groups in total. The Balaban J connectivity index is 2.16. The highest BCUT2D eigenvalue weighted by Gasteiger charge is 2.09. The summed E-state index contributed by atoms with van der Waals surface area (Å²) in [5.41, 5.74) is 6.36. The third kappa shape index (κ3) is 2.17. The van der Waals surface area contributed by atoms with Gasteiger partial charge >= 0.3 is 0 Å². The van der Waals surface area contributed by atoms with Gasteiger partial charge in [0, 0.05) is 10.5 Å². The van der Waals surface area contributed by atoms with Crippen molar-refractivity contribution in [2.24, 2.45) is 5.73 Å². The first-order chi connectivity index (χ1) is 9.25. The Bertz CT molecular complexity index is 736. The van der Waals surface area contributed by atoms with Crippen LogP contribution in [-0.2, 0) is 0 Å². The molecule has 0 amide bonds. The first-order valence-electron chi connectivity index (χ1n) is 5.65. The number of aromatic amines is 1.